The lowest BCUT2D eigenvalue weighted by Gasteiger charge is -2.24. The van der Waals surface area contributed by atoms with Gasteiger partial charge < -0.3 is 19.1 Å². The van der Waals surface area contributed by atoms with E-state index in [9.17, 15) is 4.79 Å². The molecule has 0 radical (unpaired) electrons. The SMILES string of the molecule is COc1cccc(-c2cc(C(=O)O)on2)c1OC1CCCSC1. The fourth-order valence-corrected chi connectivity index (χ4v) is 3.51. The lowest BCUT2D eigenvalue weighted by atomic mass is 10.1. The third-order valence-corrected chi connectivity index (χ3v) is 4.78. The number of aromatic nitrogens is 1. The average Bonchev–Trinajstić information content (AvgIpc) is 3.06. The highest BCUT2D eigenvalue weighted by Gasteiger charge is 2.22. The van der Waals surface area contributed by atoms with Crippen LogP contribution in [0.3, 0.4) is 0 Å². The summed E-state index contributed by atoms with van der Waals surface area (Å²) in [7, 11) is 1.58. The zero-order chi connectivity index (χ0) is 16.2. The molecular formula is C16H17NO5S. The highest BCUT2D eigenvalue weighted by atomic mass is 32.2. The van der Waals surface area contributed by atoms with Gasteiger partial charge in [-0.2, -0.15) is 11.8 Å². The van der Waals surface area contributed by atoms with Gasteiger partial charge in [-0.15, -0.1) is 0 Å². The second-order valence-corrected chi connectivity index (χ2v) is 6.33. The number of aromatic carboxylic acids is 1. The smallest absolute Gasteiger partial charge is 0.374 e. The summed E-state index contributed by atoms with van der Waals surface area (Å²) < 4.78 is 16.4. The van der Waals surface area contributed by atoms with Gasteiger partial charge in [0.1, 0.15) is 11.8 Å². The van der Waals surface area contributed by atoms with Gasteiger partial charge in [0.05, 0.1) is 7.11 Å². The summed E-state index contributed by atoms with van der Waals surface area (Å²) in [6.07, 6.45) is 2.21. The van der Waals surface area contributed by atoms with Gasteiger partial charge in [-0.3, -0.25) is 0 Å². The van der Waals surface area contributed by atoms with E-state index in [4.69, 9.17) is 19.1 Å². The molecule has 2 heterocycles. The lowest BCUT2D eigenvalue weighted by molar-refractivity contribution is 0.0652. The van der Waals surface area contributed by atoms with Crippen molar-refractivity contribution in [3.8, 4) is 22.8 Å². The number of rotatable bonds is 5. The van der Waals surface area contributed by atoms with E-state index in [0.29, 0.717) is 22.8 Å². The van der Waals surface area contributed by atoms with E-state index in [-0.39, 0.29) is 11.9 Å². The van der Waals surface area contributed by atoms with E-state index < -0.39 is 5.97 Å². The van der Waals surface area contributed by atoms with Crippen molar-refractivity contribution in [2.75, 3.05) is 18.6 Å². The number of benzene rings is 1. The van der Waals surface area contributed by atoms with Crippen LogP contribution in [0.15, 0.2) is 28.8 Å². The van der Waals surface area contributed by atoms with E-state index in [2.05, 4.69) is 5.16 Å². The molecule has 0 amide bonds. The van der Waals surface area contributed by atoms with Gasteiger partial charge in [-0.05, 0) is 30.7 Å². The minimum atomic E-state index is -1.15. The van der Waals surface area contributed by atoms with Crippen molar-refractivity contribution >= 4 is 17.7 Å². The van der Waals surface area contributed by atoms with Crippen molar-refractivity contribution in [1.82, 2.24) is 5.16 Å². The third-order valence-electron chi connectivity index (χ3n) is 3.60. The van der Waals surface area contributed by atoms with E-state index in [0.717, 1.165) is 24.3 Å². The molecule has 122 valence electrons. The topological polar surface area (TPSA) is 81.8 Å². The van der Waals surface area contributed by atoms with Crippen LogP contribution in [0.1, 0.15) is 23.4 Å². The molecule has 3 rings (SSSR count). The summed E-state index contributed by atoms with van der Waals surface area (Å²) >= 11 is 1.87. The molecule has 1 aliphatic rings. The summed E-state index contributed by atoms with van der Waals surface area (Å²) in [4.78, 5) is 11.0. The largest absolute Gasteiger partial charge is 0.493 e. The van der Waals surface area contributed by atoms with Crippen LogP contribution in [-0.2, 0) is 0 Å². The molecule has 0 spiro atoms. The highest BCUT2D eigenvalue weighted by molar-refractivity contribution is 7.99. The zero-order valence-electron chi connectivity index (χ0n) is 12.7. The summed E-state index contributed by atoms with van der Waals surface area (Å²) in [5.74, 6) is 1.89. The Morgan fingerprint density at radius 2 is 2.35 bits per heavy atom. The standard InChI is InChI=1S/C16H17NO5S/c1-20-13-6-2-5-11(12-8-14(16(18)19)22-17-12)15(13)21-10-4-3-7-23-9-10/h2,5-6,8,10H,3-4,7,9H2,1H3,(H,18,19). The first kappa shape index (κ1) is 15.7. The predicted octanol–water partition coefficient (Wildman–Crippen LogP) is 3.32. The summed E-state index contributed by atoms with van der Waals surface area (Å²) in [5, 5.41) is 12.8. The minimum absolute atomic E-state index is 0.106. The maximum atomic E-state index is 11.0. The van der Waals surface area contributed by atoms with E-state index in [1.807, 2.05) is 30.0 Å². The second-order valence-electron chi connectivity index (χ2n) is 5.18. The molecule has 6 nitrogen and oxygen atoms in total. The quantitative estimate of drug-likeness (QED) is 0.897. The number of carbonyl (C=O) groups is 1. The third kappa shape index (κ3) is 3.44. The number of ether oxygens (including phenoxy) is 2. The Kier molecular flexibility index (Phi) is 4.76. The Morgan fingerprint density at radius 1 is 1.48 bits per heavy atom. The molecule has 1 unspecified atom stereocenters. The summed E-state index contributed by atoms with van der Waals surface area (Å²) in [6.45, 7) is 0. The Bertz CT molecular complexity index is 694. The average molecular weight is 335 g/mol. The fraction of sp³-hybridized carbons (Fsp3) is 0.375. The molecule has 1 atom stereocenters. The van der Waals surface area contributed by atoms with Gasteiger partial charge in [0.25, 0.3) is 0 Å². The van der Waals surface area contributed by atoms with Crippen LogP contribution in [0.5, 0.6) is 11.5 Å². The lowest BCUT2D eigenvalue weighted by Crippen LogP contribution is -2.23. The van der Waals surface area contributed by atoms with Crippen LogP contribution in [0.25, 0.3) is 11.3 Å². The maximum Gasteiger partial charge on any atom is 0.374 e. The molecule has 7 heteroatoms. The Labute approximate surface area is 137 Å². The Morgan fingerprint density at radius 3 is 3.00 bits per heavy atom. The van der Waals surface area contributed by atoms with Gasteiger partial charge >= 0.3 is 5.97 Å². The van der Waals surface area contributed by atoms with Crippen molar-refractivity contribution in [2.45, 2.75) is 18.9 Å². The highest BCUT2D eigenvalue weighted by Crippen LogP contribution is 2.39. The van der Waals surface area contributed by atoms with Gasteiger partial charge in [0, 0.05) is 17.4 Å². The summed E-state index contributed by atoms with van der Waals surface area (Å²) in [6, 6.07) is 6.83. The summed E-state index contributed by atoms with van der Waals surface area (Å²) in [5.41, 5.74) is 1.08. The van der Waals surface area contributed by atoms with Crippen LogP contribution in [0.4, 0.5) is 0 Å². The number of hydrogen-bond donors (Lipinski definition) is 1. The molecule has 1 aliphatic heterocycles. The molecule has 2 aromatic rings. The van der Waals surface area contributed by atoms with Crippen LogP contribution in [-0.4, -0.2) is 41.0 Å². The predicted molar refractivity (Wildman–Crippen MR) is 86.4 cm³/mol. The molecular weight excluding hydrogens is 318 g/mol. The first-order chi connectivity index (χ1) is 11.2. The number of carboxylic acid groups (broad SMARTS) is 1. The number of methoxy groups -OCH3 is 1. The van der Waals surface area contributed by atoms with Crippen LogP contribution in [0.2, 0.25) is 0 Å². The Balaban J connectivity index is 1.96. The van der Waals surface area contributed by atoms with Gasteiger partial charge in [-0.25, -0.2) is 4.79 Å². The van der Waals surface area contributed by atoms with Crippen molar-refractivity contribution in [3.05, 3.63) is 30.0 Å². The number of thioether (sulfide) groups is 1. The van der Waals surface area contributed by atoms with Crippen molar-refractivity contribution in [3.63, 3.8) is 0 Å². The van der Waals surface area contributed by atoms with E-state index in [1.165, 1.54) is 6.07 Å². The monoisotopic (exact) mass is 335 g/mol. The van der Waals surface area contributed by atoms with Gasteiger partial charge in [0.15, 0.2) is 11.5 Å². The van der Waals surface area contributed by atoms with Crippen molar-refractivity contribution < 1.29 is 23.9 Å². The maximum absolute atomic E-state index is 11.0. The molecule has 1 N–H and O–H groups in total. The van der Waals surface area contributed by atoms with E-state index >= 15 is 0 Å². The molecule has 1 aromatic carbocycles. The molecule has 0 aliphatic carbocycles. The second kappa shape index (κ2) is 6.95. The van der Waals surface area contributed by atoms with E-state index in [1.54, 1.807) is 7.11 Å². The van der Waals surface area contributed by atoms with Crippen molar-refractivity contribution in [1.29, 1.82) is 0 Å². The van der Waals surface area contributed by atoms with Crippen LogP contribution in [0, 0.1) is 0 Å². The molecule has 1 fully saturated rings. The number of nitrogens with zero attached hydrogens (tertiary/aromatic N) is 1. The molecule has 0 saturated carbocycles. The minimum Gasteiger partial charge on any atom is -0.493 e. The number of para-hydroxylation sites is 1. The fourth-order valence-electron chi connectivity index (χ4n) is 2.47. The first-order valence-corrected chi connectivity index (χ1v) is 8.46. The number of carboxylic acids is 1. The number of hydrogen-bond acceptors (Lipinski definition) is 6. The molecule has 23 heavy (non-hydrogen) atoms. The Hall–Kier alpha value is -2.15. The van der Waals surface area contributed by atoms with Crippen LogP contribution >= 0.6 is 11.8 Å². The van der Waals surface area contributed by atoms with Crippen molar-refractivity contribution in [2.24, 2.45) is 0 Å². The first-order valence-electron chi connectivity index (χ1n) is 7.31. The van der Waals surface area contributed by atoms with Crippen LogP contribution < -0.4 is 9.47 Å². The van der Waals surface area contributed by atoms with Gasteiger partial charge in [0.2, 0.25) is 5.76 Å². The molecule has 1 saturated heterocycles. The van der Waals surface area contributed by atoms with Gasteiger partial charge in [-0.1, -0.05) is 11.2 Å². The zero-order valence-corrected chi connectivity index (χ0v) is 13.5. The molecule has 0 bridgehead atoms. The molecule has 1 aromatic heterocycles. The normalized spacial score (nSPS) is 17.7.